The summed E-state index contributed by atoms with van der Waals surface area (Å²) in [7, 11) is 0. The Bertz CT molecular complexity index is 375. The third-order valence-electron chi connectivity index (χ3n) is 3.93. The lowest BCUT2D eigenvalue weighted by molar-refractivity contribution is 0.128. The van der Waals surface area contributed by atoms with Crippen LogP contribution in [0.15, 0.2) is 24.3 Å². The lowest BCUT2D eigenvalue weighted by Gasteiger charge is -2.38. The number of hydrogen-bond acceptors (Lipinski definition) is 2. The summed E-state index contributed by atoms with van der Waals surface area (Å²) in [6, 6.07) is 7.83. The van der Waals surface area contributed by atoms with Gasteiger partial charge in [0.25, 0.3) is 0 Å². The molecule has 1 heterocycles. The molecule has 1 fully saturated rings. The van der Waals surface area contributed by atoms with Crippen LogP contribution in [0.3, 0.4) is 0 Å². The first-order valence-corrected chi connectivity index (χ1v) is 6.94. The molecule has 3 heteroatoms. The smallest absolute Gasteiger partial charge is 0.123 e. The van der Waals surface area contributed by atoms with E-state index in [9.17, 15) is 4.39 Å². The van der Waals surface area contributed by atoms with Gasteiger partial charge in [0.15, 0.2) is 0 Å². The van der Waals surface area contributed by atoms with Crippen molar-refractivity contribution in [2.75, 3.05) is 19.6 Å². The van der Waals surface area contributed by atoms with Crippen LogP contribution in [0.25, 0.3) is 0 Å². The molecule has 1 aromatic carbocycles. The largest absolute Gasteiger partial charge is 0.315 e. The lowest BCUT2D eigenvalue weighted by Crippen LogP contribution is -2.46. The molecule has 1 aliphatic heterocycles. The monoisotopic (exact) mass is 250 g/mol. The Morgan fingerprint density at radius 2 is 2.33 bits per heavy atom. The fraction of sp³-hybridized carbons (Fsp3) is 0.600. The Balaban J connectivity index is 2.11. The van der Waals surface area contributed by atoms with Crippen molar-refractivity contribution in [1.29, 1.82) is 0 Å². The van der Waals surface area contributed by atoms with Gasteiger partial charge in [-0.15, -0.1) is 0 Å². The first kappa shape index (κ1) is 13.5. The van der Waals surface area contributed by atoms with Gasteiger partial charge in [-0.2, -0.15) is 0 Å². The average molecular weight is 250 g/mol. The predicted octanol–water partition coefficient (Wildman–Crippen LogP) is 2.96. The van der Waals surface area contributed by atoms with Crippen LogP contribution in [0.4, 0.5) is 4.39 Å². The minimum absolute atomic E-state index is 0.142. The van der Waals surface area contributed by atoms with Gasteiger partial charge in [0, 0.05) is 18.6 Å². The number of benzene rings is 1. The topological polar surface area (TPSA) is 15.3 Å². The van der Waals surface area contributed by atoms with Gasteiger partial charge in [0.05, 0.1) is 0 Å². The quantitative estimate of drug-likeness (QED) is 0.884. The van der Waals surface area contributed by atoms with Crippen molar-refractivity contribution in [1.82, 2.24) is 10.2 Å². The van der Waals surface area contributed by atoms with Gasteiger partial charge in [-0.3, -0.25) is 4.90 Å². The Hall–Kier alpha value is -0.930. The van der Waals surface area contributed by atoms with E-state index in [1.54, 1.807) is 12.1 Å². The molecule has 0 aromatic heterocycles. The van der Waals surface area contributed by atoms with Gasteiger partial charge in [-0.25, -0.2) is 4.39 Å². The van der Waals surface area contributed by atoms with Crippen LogP contribution in [0.2, 0.25) is 0 Å². The molecule has 18 heavy (non-hydrogen) atoms. The summed E-state index contributed by atoms with van der Waals surface area (Å²) in [4.78, 5) is 2.47. The van der Waals surface area contributed by atoms with Crippen LogP contribution < -0.4 is 5.32 Å². The molecular formula is C15H23FN2. The highest BCUT2D eigenvalue weighted by molar-refractivity contribution is 5.20. The van der Waals surface area contributed by atoms with Gasteiger partial charge < -0.3 is 5.32 Å². The summed E-state index contributed by atoms with van der Waals surface area (Å²) >= 11 is 0. The summed E-state index contributed by atoms with van der Waals surface area (Å²) < 4.78 is 13.3. The Kier molecular flexibility index (Phi) is 4.72. The van der Waals surface area contributed by atoms with Gasteiger partial charge in [-0.1, -0.05) is 19.1 Å². The van der Waals surface area contributed by atoms with E-state index in [0.717, 1.165) is 25.2 Å². The number of rotatable bonds is 4. The normalized spacial score (nSPS) is 22.1. The SMILES string of the molecule is CCN(C1CCCNC1)C(C)c1cccc(F)c1. The number of hydrogen-bond donors (Lipinski definition) is 1. The molecule has 1 N–H and O–H groups in total. The zero-order chi connectivity index (χ0) is 13.0. The van der Waals surface area contributed by atoms with E-state index in [2.05, 4.69) is 24.1 Å². The van der Waals surface area contributed by atoms with Crippen LogP contribution in [0, 0.1) is 5.82 Å². The standard InChI is InChI=1S/C15H23FN2/c1-3-18(15-8-5-9-17-11-15)12(2)13-6-4-7-14(16)10-13/h4,6-7,10,12,15,17H,3,5,8-9,11H2,1-2H3. The number of halogens is 1. The van der Waals surface area contributed by atoms with E-state index in [4.69, 9.17) is 0 Å². The minimum Gasteiger partial charge on any atom is -0.315 e. The van der Waals surface area contributed by atoms with Crippen molar-refractivity contribution in [2.24, 2.45) is 0 Å². The number of likely N-dealkylation sites (N-methyl/N-ethyl adjacent to an activating group) is 1. The van der Waals surface area contributed by atoms with Crippen LogP contribution >= 0.6 is 0 Å². The van der Waals surface area contributed by atoms with E-state index in [-0.39, 0.29) is 11.9 Å². The van der Waals surface area contributed by atoms with Crippen LogP contribution in [-0.4, -0.2) is 30.6 Å². The van der Waals surface area contributed by atoms with Crippen molar-refractivity contribution in [3.8, 4) is 0 Å². The highest BCUT2D eigenvalue weighted by atomic mass is 19.1. The van der Waals surface area contributed by atoms with Crippen molar-refractivity contribution >= 4 is 0 Å². The summed E-state index contributed by atoms with van der Waals surface area (Å²) in [5.74, 6) is -0.142. The van der Waals surface area contributed by atoms with E-state index >= 15 is 0 Å². The second-order valence-corrected chi connectivity index (χ2v) is 5.06. The van der Waals surface area contributed by atoms with Gasteiger partial charge >= 0.3 is 0 Å². The summed E-state index contributed by atoms with van der Waals surface area (Å²) in [5, 5.41) is 3.45. The van der Waals surface area contributed by atoms with E-state index in [0.29, 0.717) is 6.04 Å². The Morgan fingerprint density at radius 3 is 2.94 bits per heavy atom. The van der Waals surface area contributed by atoms with Gasteiger partial charge in [0.1, 0.15) is 5.82 Å². The van der Waals surface area contributed by atoms with Crippen molar-refractivity contribution < 1.29 is 4.39 Å². The molecule has 100 valence electrons. The van der Waals surface area contributed by atoms with Gasteiger partial charge in [-0.05, 0) is 50.6 Å². The van der Waals surface area contributed by atoms with Crippen LogP contribution in [-0.2, 0) is 0 Å². The highest BCUT2D eigenvalue weighted by Crippen LogP contribution is 2.25. The Labute approximate surface area is 109 Å². The molecule has 1 saturated heterocycles. The van der Waals surface area contributed by atoms with Gasteiger partial charge in [0.2, 0.25) is 0 Å². The van der Waals surface area contributed by atoms with E-state index in [1.165, 1.54) is 18.9 Å². The molecule has 2 rings (SSSR count). The molecule has 2 nitrogen and oxygen atoms in total. The van der Waals surface area contributed by atoms with Crippen molar-refractivity contribution in [2.45, 2.75) is 38.8 Å². The summed E-state index contributed by atoms with van der Waals surface area (Å²) in [6.07, 6.45) is 2.47. The third-order valence-corrected chi connectivity index (χ3v) is 3.93. The average Bonchev–Trinajstić information content (AvgIpc) is 2.41. The van der Waals surface area contributed by atoms with Crippen molar-refractivity contribution in [3.63, 3.8) is 0 Å². The second kappa shape index (κ2) is 6.30. The number of piperidine rings is 1. The maximum atomic E-state index is 13.3. The zero-order valence-electron chi connectivity index (χ0n) is 11.3. The van der Waals surface area contributed by atoms with E-state index < -0.39 is 0 Å². The summed E-state index contributed by atoms with van der Waals surface area (Å²) in [6.45, 7) is 7.54. The fourth-order valence-corrected chi connectivity index (χ4v) is 2.92. The minimum atomic E-state index is -0.142. The fourth-order valence-electron chi connectivity index (χ4n) is 2.92. The molecule has 2 atom stereocenters. The molecule has 0 radical (unpaired) electrons. The number of nitrogens with one attached hydrogen (secondary N) is 1. The molecule has 1 aliphatic rings. The molecular weight excluding hydrogens is 227 g/mol. The predicted molar refractivity (Wildman–Crippen MR) is 73.1 cm³/mol. The molecule has 2 unspecified atom stereocenters. The first-order chi connectivity index (χ1) is 8.72. The molecule has 0 aliphatic carbocycles. The van der Waals surface area contributed by atoms with Crippen LogP contribution in [0.5, 0.6) is 0 Å². The first-order valence-electron chi connectivity index (χ1n) is 6.94. The molecule has 0 saturated carbocycles. The third kappa shape index (κ3) is 3.09. The molecule has 0 amide bonds. The molecule has 1 aromatic rings. The lowest BCUT2D eigenvalue weighted by atomic mass is 10.0. The molecule has 0 spiro atoms. The van der Waals surface area contributed by atoms with Crippen LogP contribution in [0.1, 0.15) is 38.3 Å². The van der Waals surface area contributed by atoms with E-state index in [1.807, 2.05) is 6.07 Å². The second-order valence-electron chi connectivity index (χ2n) is 5.06. The summed E-state index contributed by atoms with van der Waals surface area (Å²) in [5.41, 5.74) is 1.07. The zero-order valence-corrected chi connectivity index (χ0v) is 11.3. The maximum absolute atomic E-state index is 13.3. The Morgan fingerprint density at radius 1 is 1.50 bits per heavy atom. The molecule has 0 bridgehead atoms. The maximum Gasteiger partial charge on any atom is 0.123 e. The number of nitrogens with zero attached hydrogens (tertiary/aromatic N) is 1. The van der Waals surface area contributed by atoms with Crippen molar-refractivity contribution in [3.05, 3.63) is 35.6 Å². The highest BCUT2D eigenvalue weighted by Gasteiger charge is 2.24.